The third-order valence-corrected chi connectivity index (χ3v) is 5.50. The van der Waals surface area contributed by atoms with Gasteiger partial charge in [0.1, 0.15) is 17.7 Å². The first kappa shape index (κ1) is 20.7. The second kappa shape index (κ2) is 8.67. The quantitative estimate of drug-likeness (QED) is 0.704. The van der Waals surface area contributed by atoms with E-state index in [2.05, 4.69) is 15.2 Å². The smallest absolute Gasteiger partial charge is 0.254 e. The van der Waals surface area contributed by atoms with Crippen LogP contribution in [-0.2, 0) is 0 Å². The van der Waals surface area contributed by atoms with Crippen molar-refractivity contribution in [2.75, 3.05) is 19.6 Å². The maximum atomic E-state index is 14.0. The van der Waals surface area contributed by atoms with Gasteiger partial charge in [-0.2, -0.15) is 5.10 Å². The molecular weight excluding hydrogens is 397 g/mol. The van der Waals surface area contributed by atoms with Crippen LogP contribution >= 0.6 is 0 Å². The number of carbonyl (C=O) groups excluding carboxylic acids is 2. The minimum Gasteiger partial charge on any atom is -0.336 e. The fourth-order valence-electron chi connectivity index (χ4n) is 3.80. The Balaban J connectivity index is 1.66. The zero-order chi connectivity index (χ0) is 22.0. The maximum Gasteiger partial charge on any atom is 0.254 e. The molecule has 0 aliphatic carbocycles. The summed E-state index contributed by atoms with van der Waals surface area (Å²) in [5.41, 5.74) is 1.34. The minimum absolute atomic E-state index is 0.135. The molecule has 160 valence electrons. The normalized spacial score (nSPS) is 16.8. The van der Waals surface area contributed by atoms with E-state index in [1.54, 1.807) is 47.9 Å². The van der Waals surface area contributed by atoms with Crippen molar-refractivity contribution in [1.82, 2.24) is 25.0 Å². The Kier molecular flexibility index (Phi) is 5.79. The molecule has 0 radical (unpaired) electrons. The first-order valence-corrected chi connectivity index (χ1v) is 10.2. The largest absolute Gasteiger partial charge is 0.336 e. The zero-order valence-electron chi connectivity index (χ0n) is 17.5. The highest BCUT2D eigenvalue weighted by Crippen LogP contribution is 2.26. The molecule has 0 bridgehead atoms. The Morgan fingerprint density at radius 2 is 1.81 bits per heavy atom. The molecule has 1 saturated heterocycles. The number of aromatic nitrogens is 3. The van der Waals surface area contributed by atoms with E-state index in [-0.39, 0.29) is 23.9 Å². The molecule has 4 rings (SSSR count). The molecule has 1 aromatic heterocycles. The lowest BCUT2D eigenvalue weighted by molar-refractivity contribution is 0.0622. The van der Waals surface area contributed by atoms with Crippen molar-refractivity contribution in [1.29, 1.82) is 0 Å². The molecule has 8 heteroatoms. The predicted octanol–water partition coefficient (Wildman–Crippen LogP) is 3.29. The third-order valence-electron chi connectivity index (χ3n) is 5.50. The van der Waals surface area contributed by atoms with Gasteiger partial charge in [0.25, 0.3) is 11.8 Å². The van der Waals surface area contributed by atoms with Crippen molar-refractivity contribution >= 4 is 11.8 Å². The molecule has 1 aliphatic rings. The average Bonchev–Trinajstić information content (AvgIpc) is 3.09. The first-order valence-electron chi connectivity index (χ1n) is 10.2. The molecular formula is C23H24FN5O2. The summed E-state index contributed by atoms with van der Waals surface area (Å²) >= 11 is 0. The number of aromatic amines is 1. The summed E-state index contributed by atoms with van der Waals surface area (Å²) in [7, 11) is 0. The summed E-state index contributed by atoms with van der Waals surface area (Å²) in [6.07, 6.45) is 0.596. The molecule has 31 heavy (non-hydrogen) atoms. The van der Waals surface area contributed by atoms with Crippen LogP contribution in [0.2, 0.25) is 0 Å². The fourth-order valence-corrected chi connectivity index (χ4v) is 3.80. The molecule has 1 N–H and O–H groups in total. The number of nitrogens with zero attached hydrogens (tertiary/aromatic N) is 4. The van der Waals surface area contributed by atoms with E-state index < -0.39 is 11.9 Å². The topological polar surface area (TPSA) is 82.2 Å². The molecule has 1 unspecified atom stereocenters. The number of nitrogens with one attached hydrogen (secondary N) is 1. The number of halogens is 1. The molecule has 1 atom stereocenters. The van der Waals surface area contributed by atoms with Gasteiger partial charge in [0.05, 0.1) is 0 Å². The SMILES string of the molecule is Cc1nc(C2CN(C(=O)c3ccc(C)c(F)c3)CCCN2C(=O)c2ccccc2)n[nH]1. The number of H-pyrrole nitrogens is 1. The van der Waals surface area contributed by atoms with E-state index >= 15 is 0 Å². The number of aryl methyl sites for hydroxylation is 2. The van der Waals surface area contributed by atoms with Crippen LogP contribution < -0.4 is 0 Å². The molecule has 2 amide bonds. The standard InChI is InChI=1S/C23H24FN5O2/c1-15-9-10-18(13-19(15)24)22(30)28-11-6-12-29(23(31)17-7-4-3-5-8-17)20(14-28)21-25-16(2)26-27-21/h3-5,7-10,13,20H,6,11-12,14H2,1-2H3,(H,25,26,27). The first-order chi connectivity index (χ1) is 14.9. The van der Waals surface area contributed by atoms with Crippen molar-refractivity contribution in [2.24, 2.45) is 0 Å². The number of carbonyl (C=O) groups is 2. The van der Waals surface area contributed by atoms with Crippen molar-refractivity contribution in [3.8, 4) is 0 Å². The highest BCUT2D eigenvalue weighted by molar-refractivity contribution is 5.95. The van der Waals surface area contributed by atoms with Crippen LogP contribution in [-0.4, -0.2) is 56.4 Å². The van der Waals surface area contributed by atoms with Gasteiger partial charge in [-0.1, -0.05) is 24.3 Å². The molecule has 2 heterocycles. The van der Waals surface area contributed by atoms with Crippen molar-refractivity contribution in [3.05, 3.63) is 82.7 Å². The van der Waals surface area contributed by atoms with E-state index in [9.17, 15) is 14.0 Å². The Hall–Kier alpha value is -3.55. The third kappa shape index (κ3) is 4.33. The number of rotatable bonds is 3. The lowest BCUT2D eigenvalue weighted by Gasteiger charge is -2.30. The summed E-state index contributed by atoms with van der Waals surface area (Å²) in [4.78, 5) is 34.2. The number of hydrogen-bond acceptors (Lipinski definition) is 4. The Labute approximate surface area is 179 Å². The van der Waals surface area contributed by atoms with Crippen LogP contribution in [0.1, 0.15) is 50.4 Å². The summed E-state index contributed by atoms with van der Waals surface area (Å²) in [5.74, 6) is 0.262. The molecule has 2 aromatic carbocycles. The molecule has 1 aliphatic heterocycles. The van der Waals surface area contributed by atoms with Crippen LogP contribution in [0.25, 0.3) is 0 Å². The van der Waals surface area contributed by atoms with Crippen LogP contribution in [0.15, 0.2) is 48.5 Å². The lowest BCUT2D eigenvalue weighted by Crippen LogP contribution is -2.40. The summed E-state index contributed by atoms with van der Waals surface area (Å²) in [6, 6.07) is 13.0. The summed E-state index contributed by atoms with van der Waals surface area (Å²) in [5, 5.41) is 7.09. The van der Waals surface area contributed by atoms with Gasteiger partial charge in [-0.15, -0.1) is 0 Å². The summed E-state index contributed by atoms with van der Waals surface area (Å²) < 4.78 is 14.0. The average molecular weight is 421 g/mol. The van der Waals surface area contributed by atoms with Crippen LogP contribution in [0.4, 0.5) is 4.39 Å². The van der Waals surface area contributed by atoms with Crippen LogP contribution in [0.3, 0.4) is 0 Å². The summed E-state index contributed by atoms with van der Waals surface area (Å²) in [6.45, 7) is 4.58. The number of hydrogen-bond donors (Lipinski definition) is 1. The van der Waals surface area contributed by atoms with Gasteiger partial charge >= 0.3 is 0 Å². The monoisotopic (exact) mass is 421 g/mol. The van der Waals surface area contributed by atoms with Gasteiger partial charge in [-0.25, -0.2) is 9.37 Å². The maximum absolute atomic E-state index is 14.0. The zero-order valence-corrected chi connectivity index (χ0v) is 17.5. The van der Waals surface area contributed by atoms with Gasteiger partial charge in [-0.05, 0) is 50.1 Å². The molecule has 0 spiro atoms. The minimum atomic E-state index is -0.514. The number of amides is 2. The van der Waals surface area contributed by atoms with Crippen molar-refractivity contribution in [2.45, 2.75) is 26.3 Å². The van der Waals surface area contributed by atoms with Gasteiger partial charge in [0, 0.05) is 30.8 Å². The van der Waals surface area contributed by atoms with Gasteiger partial charge in [-0.3, -0.25) is 14.7 Å². The van der Waals surface area contributed by atoms with Crippen LogP contribution in [0.5, 0.6) is 0 Å². The Bertz CT molecular complexity index is 1100. The highest BCUT2D eigenvalue weighted by atomic mass is 19.1. The Morgan fingerprint density at radius 3 is 2.48 bits per heavy atom. The molecule has 3 aromatic rings. The van der Waals surface area contributed by atoms with E-state index in [0.717, 1.165) is 0 Å². The van der Waals surface area contributed by atoms with E-state index in [4.69, 9.17) is 0 Å². The van der Waals surface area contributed by atoms with E-state index in [1.165, 1.54) is 6.07 Å². The number of benzene rings is 2. The van der Waals surface area contributed by atoms with Gasteiger partial charge in [0.2, 0.25) is 0 Å². The lowest BCUT2D eigenvalue weighted by atomic mass is 10.1. The molecule has 1 fully saturated rings. The second-order valence-electron chi connectivity index (χ2n) is 7.73. The van der Waals surface area contributed by atoms with Crippen molar-refractivity contribution in [3.63, 3.8) is 0 Å². The predicted molar refractivity (Wildman–Crippen MR) is 113 cm³/mol. The van der Waals surface area contributed by atoms with Crippen molar-refractivity contribution < 1.29 is 14.0 Å². The molecule has 0 saturated carbocycles. The van der Waals surface area contributed by atoms with Gasteiger partial charge < -0.3 is 9.80 Å². The molecule has 7 nitrogen and oxygen atoms in total. The Morgan fingerprint density at radius 1 is 1.03 bits per heavy atom. The fraction of sp³-hybridized carbons (Fsp3) is 0.304. The van der Waals surface area contributed by atoms with Gasteiger partial charge in [0.15, 0.2) is 5.82 Å². The van der Waals surface area contributed by atoms with E-state index in [1.807, 2.05) is 18.2 Å². The highest BCUT2D eigenvalue weighted by Gasteiger charge is 2.34. The van der Waals surface area contributed by atoms with E-state index in [0.29, 0.717) is 42.3 Å². The van der Waals surface area contributed by atoms with Crippen LogP contribution in [0, 0.1) is 19.7 Å². The second-order valence-corrected chi connectivity index (χ2v) is 7.73.